The highest BCUT2D eigenvalue weighted by atomic mass is 16.5. The quantitative estimate of drug-likeness (QED) is 0.838. The van der Waals surface area contributed by atoms with Gasteiger partial charge < -0.3 is 14.5 Å². The first-order valence-electron chi connectivity index (χ1n) is 9.33. The van der Waals surface area contributed by atoms with Gasteiger partial charge >= 0.3 is 0 Å². The number of methoxy groups -OCH3 is 1. The lowest BCUT2D eigenvalue weighted by Gasteiger charge is -2.23. The zero-order valence-electron chi connectivity index (χ0n) is 15.8. The Labute approximate surface area is 159 Å². The van der Waals surface area contributed by atoms with Crippen LogP contribution < -0.4 is 9.64 Å². The number of amides is 2. The van der Waals surface area contributed by atoms with Crippen LogP contribution in [0.2, 0.25) is 0 Å². The molecular formula is C22H24N2O3. The van der Waals surface area contributed by atoms with Gasteiger partial charge in [-0.15, -0.1) is 0 Å². The van der Waals surface area contributed by atoms with Gasteiger partial charge in [0.25, 0.3) is 0 Å². The summed E-state index contributed by atoms with van der Waals surface area (Å²) in [5.74, 6) is 1.03. The Morgan fingerprint density at radius 2 is 1.89 bits per heavy atom. The number of carbonyl (C=O) groups excluding carboxylic acids is 2. The largest absolute Gasteiger partial charge is 0.497 e. The number of aryl methyl sites for hydroxylation is 1. The molecule has 4 rings (SSSR count). The van der Waals surface area contributed by atoms with Crippen molar-refractivity contribution in [3.05, 3.63) is 59.7 Å². The smallest absolute Gasteiger partial charge is 0.239 e. The van der Waals surface area contributed by atoms with E-state index in [-0.39, 0.29) is 11.8 Å². The number of likely N-dealkylation sites (N-methyl/N-ethyl adjacent to an activating group) is 1. The Kier molecular flexibility index (Phi) is 4.38. The molecule has 2 amide bonds. The van der Waals surface area contributed by atoms with Crippen LogP contribution in [0.15, 0.2) is 48.5 Å². The van der Waals surface area contributed by atoms with Crippen molar-refractivity contribution in [1.82, 2.24) is 4.90 Å². The topological polar surface area (TPSA) is 49.9 Å². The van der Waals surface area contributed by atoms with Crippen molar-refractivity contribution >= 4 is 17.5 Å². The van der Waals surface area contributed by atoms with Crippen LogP contribution in [0.25, 0.3) is 0 Å². The van der Waals surface area contributed by atoms with Crippen molar-refractivity contribution in [2.75, 3.05) is 32.1 Å². The minimum Gasteiger partial charge on any atom is -0.497 e. The first-order chi connectivity index (χ1) is 13.0. The molecule has 140 valence electrons. The molecule has 2 aliphatic heterocycles. The molecule has 0 bridgehead atoms. The summed E-state index contributed by atoms with van der Waals surface area (Å²) in [5, 5.41) is 0. The average molecular weight is 364 g/mol. The number of hydrogen-bond donors (Lipinski definition) is 0. The molecule has 0 N–H and O–H groups in total. The molecule has 1 atom stereocenters. The van der Waals surface area contributed by atoms with Crippen molar-refractivity contribution in [2.45, 2.75) is 24.7 Å². The number of carbonyl (C=O) groups is 2. The van der Waals surface area contributed by atoms with E-state index in [2.05, 4.69) is 0 Å². The Balaban J connectivity index is 1.45. The van der Waals surface area contributed by atoms with Crippen LogP contribution in [0.1, 0.15) is 24.0 Å². The van der Waals surface area contributed by atoms with Gasteiger partial charge in [-0.1, -0.05) is 30.3 Å². The van der Waals surface area contributed by atoms with Crippen LogP contribution in [-0.2, 0) is 21.4 Å². The molecule has 0 aromatic heterocycles. The van der Waals surface area contributed by atoms with Crippen LogP contribution in [0.4, 0.5) is 5.69 Å². The highest BCUT2D eigenvalue weighted by molar-refractivity contribution is 6.08. The molecule has 1 fully saturated rings. The van der Waals surface area contributed by atoms with Crippen LogP contribution >= 0.6 is 0 Å². The lowest BCUT2D eigenvalue weighted by Crippen LogP contribution is -2.42. The molecule has 5 nitrogen and oxygen atoms in total. The summed E-state index contributed by atoms with van der Waals surface area (Å²) < 4.78 is 5.17. The van der Waals surface area contributed by atoms with Crippen LogP contribution in [0.3, 0.4) is 0 Å². The van der Waals surface area contributed by atoms with Gasteiger partial charge in [0.1, 0.15) is 5.75 Å². The number of nitrogens with zero attached hydrogens (tertiary/aromatic N) is 2. The first-order valence-corrected chi connectivity index (χ1v) is 9.33. The maximum Gasteiger partial charge on any atom is 0.239 e. The van der Waals surface area contributed by atoms with Crippen molar-refractivity contribution in [3.8, 4) is 5.75 Å². The van der Waals surface area contributed by atoms with Crippen molar-refractivity contribution in [1.29, 1.82) is 0 Å². The molecule has 1 saturated heterocycles. The van der Waals surface area contributed by atoms with E-state index in [1.54, 1.807) is 12.0 Å². The van der Waals surface area contributed by atoms with E-state index in [1.165, 1.54) is 0 Å². The second kappa shape index (κ2) is 6.72. The summed E-state index contributed by atoms with van der Waals surface area (Å²) in [6.45, 7) is 1.12. The SMILES string of the molecule is COc1ccc(CCC(=O)N2CC[C@]3(C2)C(=O)N(C)c2ccccc23)cc1. The molecule has 0 aliphatic carbocycles. The van der Waals surface area contributed by atoms with Crippen molar-refractivity contribution in [3.63, 3.8) is 0 Å². The van der Waals surface area contributed by atoms with Crippen molar-refractivity contribution in [2.24, 2.45) is 0 Å². The number of para-hydroxylation sites is 1. The lowest BCUT2D eigenvalue weighted by molar-refractivity contribution is -0.130. The van der Waals surface area contributed by atoms with Gasteiger partial charge in [0.2, 0.25) is 11.8 Å². The molecule has 2 aliphatic rings. The third-order valence-electron chi connectivity index (χ3n) is 5.90. The van der Waals surface area contributed by atoms with Gasteiger partial charge in [0.05, 0.1) is 12.5 Å². The molecular weight excluding hydrogens is 340 g/mol. The fraction of sp³-hybridized carbons (Fsp3) is 0.364. The van der Waals surface area contributed by atoms with E-state index >= 15 is 0 Å². The number of ether oxygens (including phenoxy) is 1. The predicted octanol–water partition coefficient (Wildman–Crippen LogP) is 2.77. The van der Waals surface area contributed by atoms with Gasteiger partial charge in [-0.25, -0.2) is 0 Å². The van der Waals surface area contributed by atoms with Gasteiger partial charge in [-0.05, 0) is 42.2 Å². The highest BCUT2D eigenvalue weighted by Crippen LogP contribution is 2.46. The second-order valence-electron chi connectivity index (χ2n) is 7.38. The van der Waals surface area contributed by atoms with E-state index in [1.807, 2.05) is 60.5 Å². The predicted molar refractivity (Wildman–Crippen MR) is 104 cm³/mol. The summed E-state index contributed by atoms with van der Waals surface area (Å²) in [4.78, 5) is 29.3. The molecule has 2 heterocycles. The minimum absolute atomic E-state index is 0.106. The second-order valence-corrected chi connectivity index (χ2v) is 7.38. The average Bonchev–Trinajstić information content (AvgIpc) is 3.25. The number of fused-ring (bicyclic) bond motifs is 2. The molecule has 0 radical (unpaired) electrons. The zero-order chi connectivity index (χ0) is 19.0. The van der Waals surface area contributed by atoms with Crippen LogP contribution in [0, 0.1) is 0 Å². The maximum atomic E-state index is 13.0. The number of benzene rings is 2. The van der Waals surface area contributed by atoms with E-state index in [0.29, 0.717) is 32.4 Å². The Hall–Kier alpha value is -2.82. The minimum atomic E-state index is -0.568. The van der Waals surface area contributed by atoms with E-state index in [9.17, 15) is 9.59 Å². The third kappa shape index (κ3) is 2.87. The molecule has 27 heavy (non-hydrogen) atoms. The molecule has 1 spiro atoms. The number of anilines is 1. The summed E-state index contributed by atoms with van der Waals surface area (Å²) in [7, 11) is 3.46. The fourth-order valence-corrected chi connectivity index (χ4v) is 4.34. The fourth-order valence-electron chi connectivity index (χ4n) is 4.34. The molecule has 0 unspecified atom stereocenters. The van der Waals surface area contributed by atoms with Gasteiger partial charge in [-0.2, -0.15) is 0 Å². The Morgan fingerprint density at radius 3 is 2.63 bits per heavy atom. The Morgan fingerprint density at radius 1 is 1.15 bits per heavy atom. The number of rotatable bonds is 4. The van der Waals surface area contributed by atoms with Crippen molar-refractivity contribution < 1.29 is 14.3 Å². The van der Waals surface area contributed by atoms with E-state index < -0.39 is 5.41 Å². The molecule has 0 saturated carbocycles. The lowest BCUT2D eigenvalue weighted by atomic mass is 9.81. The summed E-state index contributed by atoms with van der Waals surface area (Å²) >= 11 is 0. The number of hydrogen-bond acceptors (Lipinski definition) is 3. The standard InChI is InChI=1S/C22H24N2O3/c1-23-19-6-4-3-5-18(19)22(21(23)26)13-14-24(15-22)20(25)12-9-16-7-10-17(27-2)11-8-16/h3-8,10-11H,9,12-15H2,1-2H3/t22-/m1/s1. The molecule has 2 aromatic carbocycles. The van der Waals surface area contributed by atoms with Crippen LogP contribution in [0.5, 0.6) is 5.75 Å². The van der Waals surface area contributed by atoms with E-state index in [4.69, 9.17) is 4.74 Å². The normalized spacial score (nSPS) is 21.0. The number of likely N-dealkylation sites (tertiary alicyclic amines) is 1. The van der Waals surface area contributed by atoms with Gasteiger partial charge in [0, 0.05) is 32.2 Å². The molecule has 5 heteroatoms. The van der Waals surface area contributed by atoms with Crippen LogP contribution in [-0.4, -0.2) is 44.0 Å². The molecule has 2 aromatic rings. The maximum absolute atomic E-state index is 13.0. The van der Waals surface area contributed by atoms with Gasteiger partial charge in [0.15, 0.2) is 0 Å². The van der Waals surface area contributed by atoms with E-state index in [0.717, 1.165) is 22.6 Å². The Bertz CT molecular complexity index is 877. The summed E-state index contributed by atoms with van der Waals surface area (Å²) in [5.41, 5.74) is 2.57. The zero-order valence-corrected chi connectivity index (χ0v) is 15.8. The third-order valence-corrected chi connectivity index (χ3v) is 5.90. The summed E-state index contributed by atoms with van der Waals surface area (Å²) in [6.07, 6.45) is 1.84. The van der Waals surface area contributed by atoms with Gasteiger partial charge in [-0.3, -0.25) is 9.59 Å². The summed E-state index contributed by atoms with van der Waals surface area (Å²) in [6, 6.07) is 15.7. The monoisotopic (exact) mass is 364 g/mol. The first kappa shape index (κ1) is 17.6. The highest BCUT2D eigenvalue weighted by Gasteiger charge is 2.53.